The quantitative estimate of drug-likeness (QED) is 0.586. The average Bonchev–Trinajstić information content (AvgIpc) is 2.30. The molecule has 3 aliphatic rings. The number of nitrogens with zero attached hydrogens (tertiary/aromatic N) is 1. The summed E-state index contributed by atoms with van der Waals surface area (Å²) in [6.45, 7) is 0. The van der Waals surface area contributed by atoms with E-state index >= 15 is 0 Å². The highest BCUT2D eigenvalue weighted by Gasteiger charge is 2.30. The Morgan fingerprint density at radius 2 is 2.20 bits per heavy atom. The van der Waals surface area contributed by atoms with Gasteiger partial charge in [-0.25, -0.2) is 0 Å². The first-order valence-electron chi connectivity index (χ1n) is 5.23. The fraction of sp³-hybridized carbons (Fsp3) is 0.231. The van der Waals surface area contributed by atoms with Crippen LogP contribution in [-0.4, -0.2) is 11.5 Å². The number of aliphatic imine (C=N–C) groups is 1. The Hall–Kier alpha value is -1.70. The Kier molecular flexibility index (Phi) is 1.81. The molecule has 15 heavy (non-hydrogen) atoms. The Morgan fingerprint density at radius 1 is 1.27 bits per heavy atom. The molecule has 0 N–H and O–H groups in total. The first kappa shape index (κ1) is 8.60. The molecular weight excluding hydrogens is 186 g/mol. The lowest BCUT2D eigenvalue weighted by atomic mass is 9.83. The third-order valence-corrected chi connectivity index (χ3v) is 2.98. The summed E-state index contributed by atoms with van der Waals surface area (Å²) in [5, 5.41) is 0. The van der Waals surface area contributed by atoms with Gasteiger partial charge in [-0.15, -0.1) is 0 Å². The van der Waals surface area contributed by atoms with Crippen LogP contribution in [0.25, 0.3) is 0 Å². The molecular formula is C13H11NO. The van der Waals surface area contributed by atoms with Gasteiger partial charge in [0.05, 0.1) is 17.3 Å². The van der Waals surface area contributed by atoms with Gasteiger partial charge in [0, 0.05) is 5.57 Å². The van der Waals surface area contributed by atoms with Crippen LogP contribution in [-0.2, 0) is 4.79 Å². The third kappa shape index (κ3) is 1.25. The molecule has 2 heteroatoms. The molecule has 0 aromatic rings. The number of hydrogen-bond acceptors (Lipinski definition) is 2. The fourth-order valence-electron chi connectivity index (χ4n) is 2.19. The summed E-state index contributed by atoms with van der Waals surface area (Å²) in [4.78, 5) is 16.7. The van der Waals surface area contributed by atoms with Crippen molar-refractivity contribution in [2.24, 2.45) is 10.9 Å². The van der Waals surface area contributed by atoms with Crippen LogP contribution >= 0.6 is 0 Å². The van der Waals surface area contributed by atoms with Crippen molar-refractivity contribution in [3.05, 3.63) is 47.7 Å². The largest absolute Gasteiger partial charge is 0.293 e. The Morgan fingerprint density at radius 3 is 3.13 bits per heavy atom. The van der Waals surface area contributed by atoms with Crippen molar-refractivity contribution in [2.75, 3.05) is 0 Å². The number of allylic oxidation sites excluding steroid dienone is 7. The van der Waals surface area contributed by atoms with Crippen molar-refractivity contribution >= 4 is 11.5 Å². The number of carbonyl (C=O) groups is 1. The second-order valence-corrected chi connectivity index (χ2v) is 3.93. The highest BCUT2D eigenvalue weighted by molar-refractivity contribution is 6.20. The zero-order valence-electron chi connectivity index (χ0n) is 8.31. The first-order chi connectivity index (χ1) is 7.36. The number of carbonyl (C=O) groups excluding carboxylic acids is 1. The molecule has 0 fully saturated rings. The fourth-order valence-corrected chi connectivity index (χ4v) is 2.19. The normalized spacial score (nSPS) is 27.6. The highest BCUT2D eigenvalue weighted by atomic mass is 16.1. The van der Waals surface area contributed by atoms with Crippen LogP contribution in [0.2, 0.25) is 0 Å². The molecule has 1 heterocycles. The van der Waals surface area contributed by atoms with E-state index in [1.165, 1.54) is 0 Å². The maximum absolute atomic E-state index is 12.1. The van der Waals surface area contributed by atoms with Crippen molar-refractivity contribution in [2.45, 2.75) is 12.8 Å². The van der Waals surface area contributed by atoms with E-state index in [0.29, 0.717) is 0 Å². The minimum atomic E-state index is -0.125. The Bertz CT molecular complexity index is 475. The monoisotopic (exact) mass is 197 g/mol. The predicted molar refractivity (Wildman–Crippen MR) is 59.6 cm³/mol. The van der Waals surface area contributed by atoms with Crippen LogP contribution in [0.4, 0.5) is 0 Å². The molecule has 1 aliphatic heterocycles. The topological polar surface area (TPSA) is 29.4 Å². The van der Waals surface area contributed by atoms with Crippen LogP contribution in [0, 0.1) is 5.92 Å². The highest BCUT2D eigenvalue weighted by Crippen LogP contribution is 2.30. The molecule has 74 valence electrons. The zero-order valence-corrected chi connectivity index (χ0v) is 8.31. The van der Waals surface area contributed by atoms with Crippen molar-refractivity contribution in [3.63, 3.8) is 0 Å². The minimum absolute atomic E-state index is 0.125. The second kappa shape index (κ2) is 3.16. The summed E-state index contributed by atoms with van der Waals surface area (Å²) in [6.07, 6.45) is 13.6. The van der Waals surface area contributed by atoms with Crippen LogP contribution in [0.15, 0.2) is 52.7 Å². The van der Waals surface area contributed by atoms with Crippen LogP contribution < -0.4 is 0 Å². The van der Waals surface area contributed by atoms with Gasteiger partial charge in [-0.2, -0.15) is 0 Å². The number of hydrogen-bond donors (Lipinski definition) is 0. The molecule has 3 rings (SSSR count). The van der Waals surface area contributed by atoms with Crippen LogP contribution in [0.5, 0.6) is 0 Å². The third-order valence-electron chi connectivity index (χ3n) is 2.98. The number of Topliss-reactive ketones (excluding diaryl/α,β-unsaturated/α-hetero) is 1. The molecule has 1 atom stereocenters. The maximum atomic E-state index is 12.1. The van der Waals surface area contributed by atoms with Crippen molar-refractivity contribution in [3.8, 4) is 0 Å². The molecule has 0 saturated carbocycles. The van der Waals surface area contributed by atoms with Gasteiger partial charge in [0.2, 0.25) is 0 Å². The molecule has 0 aromatic heterocycles. The van der Waals surface area contributed by atoms with Crippen molar-refractivity contribution < 1.29 is 4.79 Å². The van der Waals surface area contributed by atoms with Gasteiger partial charge < -0.3 is 0 Å². The summed E-state index contributed by atoms with van der Waals surface area (Å²) in [5.74, 6) is 0.111. The minimum Gasteiger partial charge on any atom is -0.293 e. The van der Waals surface area contributed by atoms with Crippen molar-refractivity contribution in [1.29, 1.82) is 0 Å². The zero-order chi connectivity index (χ0) is 10.3. The summed E-state index contributed by atoms with van der Waals surface area (Å²) in [6, 6.07) is 0. The maximum Gasteiger partial charge on any atom is 0.173 e. The smallest absolute Gasteiger partial charge is 0.173 e. The second-order valence-electron chi connectivity index (χ2n) is 3.93. The van der Waals surface area contributed by atoms with Crippen molar-refractivity contribution in [1.82, 2.24) is 0 Å². The van der Waals surface area contributed by atoms with E-state index in [0.717, 1.165) is 29.8 Å². The van der Waals surface area contributed by atoms with E-state index in [1.54, 1.807) is 0 Å². The number of rotatable bonds is 0. The van der Waals surface area contributed by atoms with Gasteiger partial charge in [-0.1, -0.05) is 24.3 Å². The molecule has 0 bridgehead atoms. The van der Waals surface area contributed by atoms with Crippen LogP contribution in [0.3, 0.4) is 0 Å². The standard InChI is InChI=1S/C13H11NO/c15-13-9-5-1-3-7-11(9)14-12-8-4-2-6-10(12)13/h1,3-5,7-9H,2,6H2. The van der Waals surface area contributed by atoms with Gasteiger partial charge in [-0.3, -0.25) is 9.79 Å². The SMILES string of the molecule is O=C1C2=C(C=CCC2)N=C2C=CC=CC12. The lowest BCUT2D eigenvalue weighted by Gasteiger charge is -2.24. The molecule has 0 amide bonds. The van der Waals surface area contributed by atoms with E-state index in [-0.39, 0.29) is 11.7 Å². The van der Waals surface area contributed by atoms with E-state index in [1.807, 2.05) is 30.4 Å². The van der Waals surface area contributed by atoms with Gasteiger partial charge in [-0.05, 0) is 25.0 Å². The summed E-state index contributed by atoms with van der Waals surface area (Å²) in [5.41, 5.74) is 2.66. The van der Waals surface area contributed by atoms with E-state index in [2.05, 4.69) is 11.1 Å². The van der Waals surface area contributed by atoms with Gasteiger partial charge in [0.25, 0.3) is 0 Å². The Labute approximate surface area is 88.4 Å². The van der Waals surface area contributed by atoms with E-state index < -0.39 is 0 Å². The first-order valence-corrected chi connectivity index (χ1v) is 5.23. The average molecular weight is 197 g/mol. The van der Waals surface area contributed by atoms with Crippen LogP contribution in [0.1, 0.15) is 12.8 Å². The molecule has 0 saturated heterocycles. The molecule has 0 radical (unpaired) electrons. The summed E-state index contributed by atoms with van der Waals surface area (Å²) >= 11 is 0. The van der Waals surface area contributed by atoms with Gasteiger partial charge >= 0.3 is 0 Å². The predicted octanol–water partition coefficient (Wildman–Crippen LogP) is 2.36. The van der Waals surface area contributed by atoms with E-state index in [9.17, 15) is 4.79 Å². The number of ketones is 1. The molecule has 1 unspecified atom stereocenters. The lowest BCUT2D eigenvalue weighted by molar-refractivity contribution is -0.116. The number of fused-ring (bicyclic) bond motifs is 1. The molecule has 2 nitrogen and oxygen atoms in total. The summed E-state index contributed by atoms with van der Waals surface area (Å²) < 4.78 is 0. The molecule has 0 spiro atoms. The molecule has 0 aromatic carbocycles. The van der Waals surface area contributed by atoms with E-state index in [4.69, 9.17) is 0 Å². The summed E-state index contributed by atoms with van der Waals surface area (Å²) in [7, 11) is 0. The lowest BCUT2D eigenvalue weighted by Crippen LogP contribution is -2.28. The molecule has 2 aliphatic carbocycles. The Balaban J connectivity index is 2.13. The van der Waals surface area contributed by atoms with Gasteiger partial charge in [0.1, 0.15) is 0 Å². The van der Waals surface area contributed by atoms with Gasteiger partial charge in [0.15, 0.2) is 5.78 Å².